The van der Waals surface area contributed by atoms with Gasteiger partial charge < -0.3 is 10.2 Å². The fourth-order valence-electron chi connectivity index (χ4n) is 3.40. The third-order valence-electron chi connectivity index (χ3n) is 4.68. The fraction of sp³-hybridized carbons (Fsp3) is 0.300. The minimum Gasteiger partial charge on any atom is -0.478 e. The topological polar surface area (TPSA) is 77.8 Å². The van der Waals surface area contributed by atoms with E-state index in [-0.39, 0.29) is 0 Å². The summed E-state index contributed by atoms with van der Waals surface area (Å²) in [6.07, 6.45) is 1.97. The van der Waals surface area contributed by atoms with Gasteiger partial charge in [0.05, 0.1) is 11.1 Å². The number of likely N-dealkylation sites (tertiary alicyclic amines) is 1. The summed E-state index contributed by atoms with van der Waals surface area (Å²) in [4.78, 5) is 24.3. The lowest BCUT2D eigenvalue weighted by Crippen LogP contribution is -2.20. The van der Waals surface area contributed by atoms with Gasteiger partial charge in [0.15, 0.2) is 0 Å². The van der Waals surface area contributed by atoms with Gasteiger partial charge in [0.25, 0.3) is 0 Å². The normalized spacial score (nSPS) is 17.5. The van der Waals surface area contributed by atoms with Crippen LogP contribution in [0.5, 0.6) is 0 Å². The molecule has 2 aromatic rings. The summed E-state index contributed by atoms with van der Waals surface area (Å²) in [7, 11) is 0. The van der Waals surface area contributed by atoms with Crippen molar-refractivity contribution in [2.75, 3.05) is 13.1 Å². The molecule has 1 unspecified atom stereocenters. The Bertz CT molecular complexity index is 770. The zero-order chi connectivity index (χ0) is 17.8. The van der Waals surface area contributed by atoms with E-state index >= 15 is 0 Å². The van der Waals surface area contributed by atoms with Gasteiger partial charge in [-0.05, 0) is 60.7 Å². The molecule has 2 N–H and O–H groups in total. The number of carbonyl (C=O) groups is 2. The number of carboxylic acid groups (broad SMARTS) is 2. The molecule has 0 amide bonds. The van der Waals surface area contributed by atoms with Gasteiger partial charge in [-0.1, -0.05) is 24.3 Å². The number of benzene rings is 2. The molecule has 5 heteroatoms. The van der Waals surface area contributed by atoms with Gasteiger partial charge in [-0.15, -0.1) is 0 Å². The second-order valence-corrected chi connectivity index (χ2v) is 6.60. The number of nitrogens with zero attached hydrogens (tertiary/aromatic N) is 1. The minimum atomic E-state index is -0.906. The van der Waals surface area contributed by atoms with Crippen LogP contribution in [0.3, 0.4) is 0 Å². The SMILES string of the molecule is O=C(O)c1ccc(CN2CCC(Cc3cccc(C(=O)O)c3)C2)cc1. The van der Waals surface area contributed by atoms with Crippen molar-refractivity contribution in [1.29, 1.82) is 0 Å². The van der Waals surface area contributed by atoms with Crippen LogP contribution in [0.1, 0.15) is 38.3 Å². The molecule has 5 nitrogen and oxygen atoms in total. The molecule has 0 radical (unpaired) electrons. The maximum absolute atomic E-state index is 11.1. The van der Waals surface area contributed by atoms with Crippen molar-refractivity contribution in [1.82, 2.24) is 4.90 Å². The number of aromatic carboxylic acids is 2. The maximum Gasteiger partial charge on any atom is 0.335 e. The van der Waals surface area contributed by atoms with Crippen molar-refractivity contribution in [3.8, 4) is 0 Å². The van der Waals surface area contributed by atoms with Crippen molar-refractivity contribution < 1.29 is 19.8 Å². The number of carboxylic acids is 2. The van der Waals surface area contributed by atoms with Crippen molar-refractivity contribution in [2.24, 2.45) is 5.92 Å². The molecule has 1 aliphatic heterocycles. The Labute approximate surface area is 146 Å². The van der Waals surface area contributed by atoms with E-state index in [4.69, 9.17) is 10.2 Å². The van der Waals surface area contributed by atoms with E-state index in [2.05, 4.69) is 4.90 Å². The lowest BCUT2D eigenvalue weighted by molar-refractivity contribution is 0.0686. The average molecular weight is 339 g/mol. The van der Waals surface area contributed by atoms with Crippen LogP contribution in [0.15, 0.2) is 48.5 Å². The summed E-state index contributed by atoms with van der Waals surface area (Å²) in [5.74, 6) is -1.28. The van der Waals surface area contributed by atoms with E-state index in [9.17, 15) is 9.59 Å². The third-order valence-corrected chi connectivity index (χ3v) is 4.68. The molecule has 0 bridgehead atoms. The molecule has 1 saturated heterocycles. The van der Waals surface area contributed by atoms with Gasteiger partial charge in [0, 0.05) is 13.1 Å². The van der Waals surface area contributed by atoms with Gasteiger partial charge in [-0.2, -0.15) is 0 Å². The maximum atomic E-state index is 11.1. The Morgan fingerprint density at radius 1 is 0.960 bits per heavy atom. The van der Waals surface area contributed by atoms with Crippen molar-refractivity contribution in [3.63, 3.8) is 0 Å². The predicted octanol–water partition coefficient (Wildman–Crippen LogP) is 3.15. The zero-order valence-electron chi connectivity index (χ0n) is 13.9. The van der Waals surface area contributed by atoms with Crippen LogP contribution in [0.4, 0.5) is 0 Å². The quantitative estimate of drug-likeness (QED) is 0.845. The largest absolute Gasteiger partial charge is 0.478 e. The lowest BCUT2D eigenvalue weighted by Gasteiger charge is -2.16. The molecule has 25 heavy (non-hydrogen) atoms. The van der Waals surface area contributed by atoms with Crippen LogP contribution >= 0.6 is 0 Å². The molecular weight excluding hydrogens is 318 g/mol. The Hall–Kier alpha value is -2.66. The number of hydrogen-bond acceptors (Lipinski definition) is 3. The Morgan fingerprint density at radius 3 is 2.36 bits per heavy atom. The summed E-state index contributed by atoms with van der Waals surface area (Å²) < 4.78 is 0. The first-order chi connectivity index (χ1) is 12.0. The molecule has 3 rings (SSSR count). The molecule has 1 atom stereocenters. The predicted molar refractivity (Wildman–Crippen MR) is 93.9 cm³/mol. The number of rotatable bonds is 6. The molecule has 1 heterocycles. The molecule has 130 valence electrons. The molecule has 2 aromatic carbocycles. The van der Waals surface area contributed by atoms with Crippen LogP contribution in [0, 0.1) is 5.92 Å². The highest BCUT2D eigenvalue weighted by molar-refractivity contribution is 5.88. The minimum absolute atomic E-state index is 0.307. The summed E-state index contributed by atoms with van der Waals surface area (Å²) in [5, 5.41) is 18.0. The van der Waals surface area contributed by atoms with Crippen LogP contribution < -0.4 is 0 Å². The molecule has 1 aliphatic rings. The smallest absolute Gasteiger partial charge is 0.335 e. The van der Waals surface area contributed by atoms with Gasteiger partial charge in [-0.3, -0.25) is 4.90 Å². The van der Waals surface area contributed by atoms with Gasteiger partial charge >= 0.3 is 11.9 Å². The Kier molecular flexibility index (Phi) is 5.14. The van der Waals surface area contributed by atoms with Gasteiger partial charge in [0.2, 0.25) is 0 Å². The van der Waals surface area contributed by atoms with E-state index in [1.54, 1.807) is 30.3 Å². The van der Waals surface area contributed by atoms with Crippen molar-refractivity contribution in [3.05, 3.63) is 70.8 Å². The van der Waals surface area contributed by atoms with Gasteiger partial charge in [-0.25, -0.2) is 9.59 Å². The average Bonchev–Trinajstić information content (AvgIpc) is 3.02. The summed E-state index contributed by atoms with van der Waals surface area (Å²) in [5.41, 5.74) is 2.82. The van der Waals surface area contributed by atoms with Crippen LogP contribution in [-0.2, 0) is 13.0 Å². The Balaban J connectivity index is 1.55. The lowest BCUT2D eigenvalue weighted by atomic mass is 9.97. The van der Waals surface area contributed by atoms with E-state index in [0.29, 0.717) is 17.0 Å². The summed E-state index contributed by atoms with van der Waals surface area (Å²) in [6.45, 7) is 2.79. The molecule has 0 spiro atoms. The number of hydrogen-bond donors (Lipinski definition) is 2. The van der Waals surface area contributed by atoms with Crippen molar-refractivity contribution in [2.45, 2.75) is 19.4 Å². The monoisotopic (exact) mass is 339 g/mol. The standard InChI is InChI=1S/C20H21NO4/c22-19(23)17-6-4-14(5-7-17)12-21-9-8-16(13-21)10-15-2-1-3-18(11-15)20(24)25/h1-7,11,16H,8-10,12-13H2,(H,22,23)(H,24,25). The molecule has 0 aliphatic carbocycles. The van der Waals surface area contributed by atoms with E-state index in [0.717, 1.165) is 43.6 Å². The summed E-state index contributed by atoms with van der Waals surface area (Å²) in [6, 6.07) is 14.2. The third kappa shape index (κ3) is 4.45. The molecular formula is C20H21NO4. The first kappa shape index (κ1) is 17.2. The van der Waals surface area contributed by atoms with Crippen LogP contribution in [0.25, 0.3) is 0 Å². The summed E-state index contributed by atoms with van der Waals surface area (Å²) >= 11 is 0. The van der Waals surface area contributed by atoms with Crippen LogP contribution in [-0.4, -0.2) is 40.1 Å². The highest BCUT2D eigenvalue weighted by Crippen LogP contribution is 2.23. The molecule has 0 saturated carbocycles. The second kappa shape index (κ2) is 7.49. The molecule has 1 fully saturated rings. The fourth-order valence-corrected chi connectivity index (χ4v) is 3.40. The van der Waals surface area contributed by atoms with E-state index < -0.39 is 11.9 Å². The highest BCUT2D eigenvalue weighted by atomic mass is 16.4. The highest BCUT2D eigenvalue weighted by Gasteiger charge is 2.23. The molecule has 0 aromatic heterocycles. The first-order valence-electron chi connectivity index (χ1n) is 8.38. The first-order valence-corrected chi connectivity index (χ1v) is 8.38. The zero-order valence-corrected chi connectivity index (χ0v) is 13.9. The Morgan fingerprint density at radius 2 is 1.68 bits per heavy atom. The van der Waals surface area contributed by atoms with E-state index in [1.807, 2.05) is 18.2 Å². The van der Waals surface area contributed by atoms with Crippen LogP contribution in [0.2, 0.25) is 0 Å². The van der Waals surface area contributed by atoms with Crippen molar-refractivity contribution >= 4 is 11.9 Å². The van der Waals surface area contributed by atoms with E-state index in [1.165, 1.54) is 0 Å². The van der Waals surface area contributed by atoms with Gasteiger partial charge in [0.1, 0.15) is 0 Å². The second-order valence-electron chi connectivity index (χ2n) is 6.60.